The van der Waals surface area contributed by atoms with E-state index in [9.17, 15) is 13.2 Å². The van der Waals surface area contributed by atoms with Crippen molar-refractivity contribution in [3.63, 3.8) is 0 Å². The Balaban J connectivity index is 1.54. The number of hydrogen-bond acceptors (Lipinski definition) is 4. The number of hydrazone groups is 1. The summed E-state index contributed by atoms with van der Waals surface area (Å²) in [6, 6.07) is 26.1. The molecule has 0 saturated heterocycles. The lowest BCUT2D eigenvalue weighted by Crippen LogP contribution is -2.32. The topological polar surface area (TPSA) is 70.1 Å². The van der Waals surface area contributed by atoms with Crippen LogP contribution in [-0.2, 0) is 10.0 Å². The Kier molecular flexibility index (Phi) is 6.60. The molecule has 184 valence electrons. The van der Waals surface area contributed by atoms with Gasteiger partial charge in [-0.2, -0.15) is 5.10 Å². The molecule has 1 fully saturated rings. The molecule has 0 bridgehead atoms. The van der Waals surface area contributed by atoms with E-state index >= 15 is 0 Å². The maximum Gasteiger partial charge on any atom is 0.274 e. The third-order valence-electron chi connectivity index (χ3n) is 6.87. The minimum Gasteiger partial charge on any atom is -0.267 e. The molecule has 2 atom stereocenters. The van der Waals surface area contributed by atoms with Crippen LogP contribution in [-0.4, -0.2) is 43.4 Å². The Morgan fingerprint density at radius 3 is 2.22 bits per heavy atom. The van der Waals surface area contributed by atoms with Crippen LogP contribution in [0, 0.1) is 5.92 Å². The van der Waals surface area contributed by atoms with Crippen LogP contribution in [0.4, 0.5) is 0 Å². The molecule has 2 aliphatic rings. The van der Waals surface area contributed by atoms with Crippen LogP contribution < -0.4 is 0 Å². The summed E-state index contributed by atoms with van der Waals surface area (Å²) < 4.78 is 26.1. The fourth-order valence-electron chi connectivity index (χ4n) is 5.01. The smallest absolute Gasteiger partial charge is 0.267 e. The van der Waals surface area contributed by atoms with E-state index in [4.69, 9.17) is 5.10 Å². The van der Waals surface area contributed by atoms with E-state index in [2.05, 4.69) is 18.2 Å². The van der Waals surface area contributed by atoms with Crippen molar-refractivity contribution < 1.29 is 13.2 Å². The lowest BCUT2D eigenvalue weighted by atomic mass is 9.77. The fraction of sp³-hybridized carbons (Fsp3) is 0.241. The summed E-state index contributed by atoms with van der Waals surface area (Å²) in [7, 11) is -0.598. The third kappa shape index (κ3) is 4.52. The predicted molar refractivity (Wildman–Crippen MR) is 142 cm³/mol. The Hall–Kier alpha value is -3.55. The zero-order valence-electron chi connectivity index (χ0n) is 20.4. The van der Waals surface area contributed by atoms with Crippen LogP contribution in [0.1, 0.15) is 46.8 Å². The first-order valence-corrected chi connectivity index (χ1v) is 13.6. The van der Waals surface area contributed by atoms with Crippen LogP contribution in [0.3, 0.4) is 0 Å². The summed E-state index contributed by atoms with van der Waals surface area (Å²) in [4.78, 5) is 13.9. The lowest BCUT2D eigenvalue weighted by molar-refractivity contribution is 0.0680. The van der Waals surface area contributed by atoms with Gasteiger partial charge in [0.15, 0.2) is 0 Å². The number of allylic oxidation sites excluding steroid dienone is 1. The van der Waals surface area contributed by atoms with Gasteiger partial charge in [-0.05, 0) is 66.3 Å². The van der Waals surface area contributed by atoms with Crippen molar-refractivity contribution >= 4 is 27.7 Å². The second-order valence-electron chi connectivity index (χ2n) is 9.38. The van der Waals surface area contributed by atoms with Gasteiger partial charge in [-0.25, -0.2) is 17.7 Å². The molecular weight excluding hydrogens is 470 g/mol. The monoisotopic (exact) mass is 499 g/mol. The molecule has 1 saturated carbocycles. The van der Waals surface area contributed by atoms with E-state index in [1.165, 1.54) is 31.8 Å². The van der Waals surface area contributed by atoms with Crippen LogP contribution in [0.2, 0.25) is 0 Å². The maximum absolute atomic E-state index is 13.8. The average Bonchev–Trinajstić information content (AvgIpc) is 3.30. The van der Waals surface area contributed by atoms with Gasteiger partial charge in [0.1, 0.15) is 0 Å². The van der Waals surface area contributed by atoms with Gasteiger partial charge in [-0.1, -0.05) is 60.7 Å². The number of hydrogen-bond donors (Lipinski definition) is 0. The third-order valence-corrected chi connectivity index (χ3v) is 8.70. The molecule has 3 aromatic carbocycles. The van der Waals surface area contributed by atoms with Gasteiger partial charge in [0.25, 0.3) is 5.91 Å². The van der Waals surface area contributed by atoms with Crippen molar-refractivity contribution in [1.29, 1.82) is 0 Å². The summed E-state index contributed by atoms with van der Waals surface area (Å²) in [6.07, 6.45) is 5.09. The molecule has 1 amide bonds. The number of fused-ring (bicyclic) bond motifs is 1. The number of benzene rings is 3. The molecule has 3 aromatic rings. The molecule has 2 unspecified atom stereocenters. The first-order chi connectivity index (χ1) is 17.4. The van der Waals surface area contributed by atoms with Crippen molar-refractivity contribution in [1.82, 2.24) is 9.31 Å². The molecule has 0 aromatic heterocycles. The molecule has 1 heterocycles. The maximum atomic E-state index is 13.8. The largest absolute Gasteiger partial charge is 0.274 e. The van der Waals surface area contributed by atoms with Crippen LogP contribution in [0.5, 0.6) is 0 Å². The minimum atomic E-state index is -3.57. The van der Waals surface area contributed by atoms with Crippen molar-refractivity contribution in [3.8, 4) is 0 Å². The molecule has 1 aliphatic heterocycles. The van der Waals surface area contributed by atoms with Gasteiger partial charge in [0.05, 0.1) is 16.6 Å². The van der Waals surface area contributed by atoms with E-state index < -0.39 is 10.0 Å². The second-order valence-corrected chi connectivity index (χ2v) is 11.5. The highest BCUT2D eigenvalue weighted by molar-refractivity contribution is 7.89. The highest BCUT2D eigenvalue weighted by Gasteiger charge is 2.43. The molecule has 1 aliphatic carbocycles. The molecule has 7 heteroatoms. The Morgan fingerprint density at radius 1 is 0.944 bits per heavy atom. The first kappa shape index (κ1) is 24.2. The fourth-order valence-corrected chi connectivity index (χ4v) is 5.92. The van der Waals surface area contributed by atoms with Crippen molar-refractivity contribution in [2.75, 3.05) is 14.1 Å². The van der Waals surface area contributed by atoms with Gasteiger partial charge in [-0.15, -0.1) is 0 Å². The van der Waals surface area contributed by atoms with Crippen molar-refractivity contribution in [2.45, 2.75) is 30.2 Å². The highest BCUT2D eigenvalue weighted by atomic mass is 32.2. The zero-order valence-corrected chi connectivity index (χ0v) is 21.2. The van der Waals surface area contributed by atoms with E-state index in [1.54, 1.807) is 17.1 Å². The summed E-state index contributed by atoms with van der Waals surface area (Å²) in [5.41, 5.74) is 4.71. The van der Waals surface area contributed by atoms with E-state index in [0.29, 0.717) is 5.56 Å². The SMILES string of the molecule is CN(C)S(=O)(=O)c1ccc(C(=O)N2N=C3/C(=C/c4ccccc4)CCCC3C2c2ccccc2)cc1. The standard InChI is InChI=1S/C29H29N3O3S/c1-31(2)36(34,35)25-18-16-23(17-19-25)29(33)32-28(22-12-7-4-8-13-22)26-15-9-14-24(27(26)30-32)20-21-10-5-3-6-11-21/h3-8,10-13,16-20,26,28H,9,14-15H2,1-2H3/b24-20+. The number of carbonyl (C=O) groups excluding carboxylic acids is 1. The number of rotatable bonds is 5. The average molecular weight is 500 g/mol. The predicted octanol–water partition coefficient (Wildman–Crippen LogP) is 5.37. The normalized spacial score (nSPS) is 20.9. The quantitative estimate of drug-likeness (QED) is 0.474. The number of carbonyl (C=O) groups is 1. The van der Waals surface area contributed by atoms with Crippen LogP contribution in [0.15, 0.2) is 100 Å². The molecule has 5 rings (SSSR count). The molecular formula is C29H29N3O3S. The molecule has 6 nitrogen and oxygen atoms in total. The van der Waals surface area contributed by atoms with Crippen LogP contribution in [0.25, 0.3) is 6.08 Å². The van der Waals surface area contributed by atoms with Gasteiger partial charge in [0.2, 0.25) is 10.0 Å². The van der Waals surface area contributed by atoms with E-state index in [0.717, 1.165) is 40.4 Å². The molecule has 0 radical (unpaired) electrons. The number of nitrogens with zero attached hydrogens (tertiary/aromatic N) is 3. The van der Waals surface area contributed by atoms with Crippen molar-refractivity contribution in [3.05, 3.63) is 107 Å². The molecule has 0 spiro atoms. The lowest BCUT2D eigenvalue weighted by Gasteiger charge is -2.29. The summed E-state index contributed by atoms with van der Waals surface area (Å²) in [6.45, 7) is 0. The summed E-state index contributed by atoms with van der Waals surface area (Å²) in [5.74, 6) is -0.132. The Labute approximate surface area is 212 Å². The van der Waals surface area contributed by atoms with Crippen LogP contribution >= 0.6 is 0 Å². The number of sulfonamides is 1. The molecule has 0 N–H and O–H groups in total. The van der Waals surface area contributed by atoms with E-state index in [1.807, 2.05) is 48.5 Å². The second kappa shape index (κ2) is 9.84. The summed E-state index contributed by atoms with van der Waals surface area (Å²) >= 11 is 0. The number of amides is 1. The molecule has 36 heavy (non-hydrogen) atoms. The summed E-state index contributed by atoms with van der Waals surface area (Å²) in [5, 5.41) is 6.53. The Bertz CT molecular complexity index is 1410. The van der Waals surface area contributed by atoms with Gasteiger partial charge in [-0.3, -0.25) is 4.79 Å². The van der Waals surface area contributed by atoms with Crippen molar-refractivity contribution in [2.24, 2.45) is 11.0 Å². The minimum absolute atomic E-state index is 0.105. The van der Waals surface area contributed by atoms with Gasteiger partial charge < -0.3 is 0 Å². The highest BCUT2D eigenvalue weighted by Crippen LogP contribution is 2.44. The van der Waals surface area contributed by atoms with Gasteiger partial charge >= 0.3 is 0 Å². The zero-order chi connectivity index (χ0) is 25.3. The Morgan fingerprint density at radius 2 is 1.58 bits per heavy atom. The van der Waals surface area contributed by atoms with Gasteiger partial charge in [0, 0.05) is 25.6 Å². The first-order valence-electron chi connectivity index (χ1n) is 12.1. The van der Waals surface area contributed by atoms with E-state index in [-0.39, 0.29) is 22.8 Å².